The van der Waals surface area contributed by atoms with Gasteiger partial charge < -0.3 is 14.5 Å². The third-order valence-corrected chi connectivity index (χ3v) is 5.36. The van der Waals surface area contributed by atoms with Gasteiger partial charge in [-0.25, -0.2) is 4.39 Å². The number of nitrogens with zero attached hydrogens (tertiary/aromatic N) is 1. The second-order valence-electron chi connectivity index (χ2n) is 7.59. The highest BCUT2D eigenvalue weighted by Crippen LogP contribution is 2.28. The summed E-state index contributed by atoms with van der Waals surface area (Å²) in [6.07, 6.45) is 2.03. The molecule has 152 valence electrons. The number of carbonyl (C=O) groups excluding carboxylic acids is 1. The van der Waals surface area contributed by atoms with Crippen molar-refractivity contribution in [1.82, 2.24) is 10.2 Å². The van der Waals surface area contributed by atoms with Crippen LogP contribution in [0.4, 0.5) is 4.39 Å². The summed E-state index contributed by atoms with van der Waals surface area (Å²) in [7, 11) is 0. The van der Waals surface area contributed by atoms with Gasteiger partial charge >= 0.3 is 0 Å². The largest absolute Gasteiger partial charge is 0.468 e. The Morgan fingerprint density at radius 2 is 1.89 bits per heavy atom. The lowest BCUT2D eigenvalue weighted by Gasteiger charge is -2.33. The molecule has 0 bridgehead atoms. The van der Waals surface area contributed by atoms with E-state index in [0.717, 1.165) is 24.4 Å². The lowest BCUT2D eigenvalue weighted by Crippen LogP contribution is -2.43. The van der Waals surface area contributed by atoms with Crippen LogP contribution < -0.4 is 5.32 Å². The van der Waals surface area contributed by atoms with Gasteiger partial charge in [-0.15, -0.1) is 0 Å². The van der Waals surface area contributed by atoms with Crippen molar-refractivity contribution in [1.29, 1.82) is 0 Å². The minimum absolute atomic E-state index is 0.00663. The first-order chi connectivity index (χ1) is 13.5. The fourth-order valence-corrected chi connectivity index (χ4v) is 3.71. The van der Waals surface area contributed by atoms with E-state index in [1.807, 2.05) is 12.1 Å². The Bertz CT molecular complexity index is 725. The molecule has 1 aliphatic heterocycles. The molecule has 6 heteroatoms. The van der Waals surface area contributed by atoms with Crippen molar-refractivity contribution >= 4 is 5.91 Å². The maximum absolute atomic E-state index is 13.2. The van der Waals surface area contributed by atoms with Gasteiger partial charge in [-0.2, -0.15) is 0 Å². The molecule has 2 aromatic rings. The number of hydrogen-bond acceptors (Lipinski definition) is 4. The van der Waals surface area contributed by atoms with Crippen molar-refractivity contribution in [2.75, 3.05) is 32.8 Å². The molecular weight excluding hydrogens is 359 g/mol. The summed E-state index contributed by atoms with van der Waals surface area (Å²) in [5, 5.41) is 3.08. The number of rotatable bonds is 8. The van der Waals surface area contributed by atoms with E-state index in [0.29, 0.717) is 26.2 Å². The maximum atomic E-state index is 13.2. The van der Waals surface area contributed by atoms with Gasteiger partial charge in [0.2, 0.25) is 5.91 Å². The average molecular weight is 388 g/mol. The number of amides is 1. The SMILES string of the molecule is CC(C)C(CC(=O)NCC(c1ccco1)N1CCOCC1)c1ccc(F)cc1. The predicted octanol–water partition coefficient (Wildman–Crippen LogP) is 3.74. The van der Waals surface area contributed by atoms with Crippen LogP contribution in [-0.2, 0) is 9.53 Å². The summed E-state index contributed by atoms with van der Waals surface area (Å²) < 4.78 is 24.3. The van der Waals surface area contributed by atoms with E-state index in [9.17, 15) is 9.18 Å². The Balaban J connectivity index is 1.62. The van der Waals surface area contributed by atoms with Crippen LogP contribution in [0.3, 0.4) is 0 Å². The standard InChI is InChI=1S/C22H29FN2O3/c1-16(2)19(17-5-7-18(23)8-6-17)14-22(26)24-15-20(21-4-3-11-28-21)25-9-12-27-13-10-25/h3-8,11,16,19-20H,9-10,12-15H2,1-2H3,(H,24,26). The summed E-state index contributed by atoms with van der Waals surface area (Å²) in [4.78, 5) is 15.0. The number of ether oxygens (including phenoxy) is 1. The first kappa shape index (κ1) is 20.6. The van der Waals surface area contributed by atoms with E-state index in [1.54, 1.807) is 18.4 Å². The number of furan rings is 1. The van der Waals surface area contributed by atoms with Crippen LogP contribution >= 0.6 is 0 Å². The minimum atomic E-state index is -0.262. The van der Waals surface area contributed by atoms with E-state index in [-0.39, 0.29) is 29.6 Å². The fraction of sp³-hybridized carbons (Fsp3) is 0.500. The summed E-state index contributed by atoms with van der Waals surface area (Å²) in [5.74, 6) is 0.902. The molecule has 1 aromatic heterocycles. The van der Waals surface area contributed by atoms with Crippen molar-refractivity contribution in [3.05, 3.63) is 59.8 Å². The van der Waals surface area contributed by atoms with Crippen molar-refractivity contribution in [3.63, 3.8) is 0 Å². The molecule has 1 aromatic carbocycles. The molecular formula is C22H29FN2O3. The van der Waals surface area contributed by atoms with Gasteiger partial charge in [-0.1, -0.05) is 26.0 Å². The van der Waals surface area contributed by atoms with Gasteiger partial charge in [-0.3, -0.25) is 9.69 Å². The molecule has 3 rings (SSSR count). The zero-order valence-electron chi connectivity index (χ0n) is 16.6. The second-order valence-corrected chi connectivity index (χ2v) is 7.59. The molecule has 2 heterocycles. The quantitative estimate of drug-likeness (QED) is 0.749. The van der Waals surface area contributed by atoms with E-state index < -0.39 is 0 Å². The van der Waals surface area contributed by atoms with Gasteiger partial charge in [0.1, 0.15) is 11.6 Å². The number of carbonyl (C=O) groups is 1. The number of morpholine rings is 1. The van der Waals surface area contributed by atoms with Crippen LogP contribution in [0.15, 0.2) is 47.1 Å². The molecule has 28 heavy (non-hydrogen) atoms. The van der Waals surface area contributed by atoms with Crippen molar-refractivity contribution in [3.8, 4) is 0 Å². The van der Waals surface area contributed by atoms with Gasteiger partial charge in [0.05, 0.1) is 25.5 Å². The van der Waals surface area contributed by atoms with Gasteiger partial charge in [-0.05, 0) is 41.7 Å². The summed E-state index contributed by atoms with van der Waals surface area (Å²) in [6, 6.07) is 10.3. The number of nitrogens with one attached hydrogen (secondary N) is 1. The monoisotopic (exact) mass is 388 g/mol. The summed E-state index contributed by atoms with van der Waals surface area (Å²) in [6.45, 7) is 7.65. The van der Waals surface area contributed by atoms with Crippen LogP contribution in [0.5, 0.6) is 0 Å². The first-order valence-electron chi connectivity index (χ1n) is 9.92. The Labute approximate surface area is 165 Å². The highest BCUT2D eigenvalue weighted by Gasteiger charge is 2.26. The van der Waals surface area contributed by atoms with Crippen LogP contribution in [0.25, 0.3) is 0 Å². The molecule has 2 atom stereocenters. The Kier molecular flexibility index (Phi) is 7.23. The number of halogens is 1. The van der Waals surface area contributed by atoms with Gasteiger partial charge in [0.25, 0.3) is 0 Å². The van der Waals surface area contributed by atoms with Gasteiger partial charge in [0, 0.05) is 26.1 Å². The van der Waals surface area contributed by atoms with Crippen LogP contribution in [0, 0.1) is 11.7 Å². The van der Waals surface area contributed by atoms with Crippen LogP contribution in [-0.4, -0.2) is 43.7 Å². The number of hydrogen-bond donors (Lipinski definition) is 1. The molecule has 1 fully saturated rings. The molecule has 0 aliphatic carbocycles. The average Bonchev–Trinajstić information content (AvgIpc) is 3.22. The maximum Gasteiger partial charge on any atom is 0.220 e. The predicted molar refractivity (Wildman–Crippen MR) is 105 cm³/mol. The van der Waals surface area contributed by atoms with E-state index >= 15 is 0 Å². The second kappa shape index (κ2) is 9.85. The van der Waals surface area contributed by atoms with Crippen molar-refractivity contribution in [2.45, 2.75) is 32.2 Å². The fourth-order valence-electron chi connectivity index (χ4n) is 3.71. The van der Waals surface area contributed by atoms with Crippen LogP contribution in [0.1, 0.15) is 43.6 Å². The topological polar surface area (TPSA) is 54.7 Å². The summed E-state index contributed by atoms with van der Waals surface area (Å²) in [5.41, 5.74) is 0.988. The van der Waals surface area contributed by atoms with Crippen LogP contribution in [0.2, 0.25) is 0 Å². The lowest BCUT2D eigenvalue weighted by molar-refractivity contribution is -0.122. The minimum Gasteiger partial charge on any atom is -0.468 e. The molecule has 0 radical (unpaired) electrons. The normalized spacial score (nSPS) is 17.4. The van der Waals surface area contributed by atoms with Crippen molar-refractivity contribution in [2.24, 2.45) is 5.92 Å². The van der Waals surface area contributed by atoms with Gasteiger partial charge in [0.15, 0.2) is 0 Å². The molecule has 1 saturated heterocycles. The Morgan fingerprint density at radius 1 is 1.18 bits per heavy atom. The first-order valence-corrected chi connectivity index (χ1v) is 9.92. The third kappa shape index (κ3) is 5.42. The smallest absolute Gasteiger partial charge is 0.220 e. The molecule has 2 unspecified atom stereocenters. The zero-order valence-corrected chi connectivity index (χ0v) is 16.6. The van der Waals surface area contributed by atoms with E-state index in [1.165, 1.54) is 12.1 Å². The third-order valence-electron chi connectivity index (χ3n) is 5.36. The molecule has 0 spiro atoms. The Hall–Kier alpha value is -2.18. The highest BCUT2D eigenvalue weighted by atomic mass is 19.1. The zero-order chi connectivity index (χ0) is 19.9. The molecule has 5 nitrogen and oxygen atoms in total. The highest BCUT2D eigenvalue weighted by molar-refractivity contribution is 5.77. The van der Waals surface area contributed by atoms with E-state index in [2.05, 4.69) is 24.1 Å². The molecule has 0 saturated carbocycles. The lowest BCUT2D eigenvalue weighted by atomic mass is 9.85. The Morgan fingerprint density at radius 3 is 2.50 bits per heavy atom. The number of benzene rings is 1. The molecule has 1 amide bonds. The van der Waals surface area contributed by atoms with E-state index in [4.69, 9.17) is 9.15 Å². The summed E-state index contributed by atoms with van der Waals surface area (Å²) >= 11 is 0. The molecule has 1 N–H and O–H groups in total. The van der Waals surface area contributed by atoms with Crippen molar-refractivity contribution < 1.29 is 18.3 Å². The molecule has 1 aliphatic rings.